The second kappa shape index (κ2) is 6.57. The van der Waals surface area contributed by atoms with Gasteiger partial charge in [-0.2, -0.15) is 0 Å². The highest BCUT2D eigenvalue weighted by molar-refractivity contribution is 7.11. The molecule has 0 bridgehead atoms. The van der Waals surface area contributed by atoms with Crippen molar-refractivity contribution in [3.05, 3.63) is 16.1 Å². The van der Waals surface area contributed by atoms with Gasteiger partial charge in [0.25, 0.3) is 0 Å². The third-order valence-corrected chi connectivity index (χ3v) is 3.03. The zero-order valence-electron chi connectivity index (χ0n) is 9.14. The van der Waals surface area contributed by atoms with Gasteiger partial charge < -0.3 is 15.5 Å². The van der Waals surface area contributed by atoms with Crippen LogP contribution >= 0.6 is 11.3 Å². The number of carboxylic acid groups (broad SMARTS) is 1. The van der Waals surface area contributed by atoms with E-state index in [1.807, 2.05) is 6.92 Å². The molecule has 1 rings (SSSR count). The fourth-order valence-corrected chi connectivity index (χ4v) is 1.91. The van der Waals surface area contributed by atoms with Gasteiger partial charge in [-0.25, -0.2) is 9.78 Å². The van der Waals surface area contributed by atoms with Crippen molar-refractivity contribution in [2.45, 2.75) is 19.9 Å². The molecule has 16 heavy (non-hydrogen) atoms. The average Bonchev–Trinajstić information content (AvgIpc) is 2.67. The molecular weight excluding hydrogens is 228 g/mol. The number of aromatic carboxylic acids is 1. The summed E-state index contributed by atoms with van der Waals surface area (Å²) in [6, 6.07) is 0. The summed E-state index contributed by atoms with van der Waals surface area (Å²) < 4.78 is 0. The van der Waals surface area contributed by atoms with Crippen LogP contribution in [0.1, 0.15) is 28.8 Å². The number of aromatic nitrogens is 1. The predicted octanol–water partition coefficient (Wildman–Crippen LogP) is 0.949. The van der Waals surface area contributed by atoms with Gasteiger partial charge in [0.05, 0.1) is 5.69 Å². The second-order valence-electron chi connectivity index (χ2n) is 3.70. The quantitative estimate of drug-likeness (QED) is 0.665. The van der Waals surface area contributed by atoms with E-state index in [1.165, 1.54) is 0 Å². The first-order valence-corrected chi connectivity index (χ1v) is 6.00. The Labute approximate surface area is 98.1 Å². The number of rotatable bonds is 7. The molecule has 1 heterocycles. The van der Waals surface area contributed by atoms with E-state index in [0.717, 1.165) is 30.0 Å². The Morgan fingerprint density at radius 2 is 2.44 bits per heavy atom. The van der Waals surface area contributed by atoms with Crippen LogP contribution in [0.2, 0.25) is 0 Å². The van der Waals surface area contributed by atoms with E-state index in [0.29, 0.717) is 12.5 Å². The highest BCUT2D eigenvalue weighted by Crippen LogP contribution is 2.09. The molecule has 3 N–H and O–H groups in total. The minimum absolute atomic E-state index is 0.125. The number of carboxylic acids is 1. The van der Waals surface area contributed by atoms with E-state index < -0.39 is 5.97 Å². The zero-order valence-corrected chi connectivity index (χ0v) is 9.96. The van der Waals surface area contributed by atoms with Crippen LogP contribution in [0, 0.1) is 5.92 Å². The average molecular weight is 244 g/mol. The van der Waals surface area contributed by atoms with E-state index in [2.05, 4.69) is 10.3 Å². The van der Waals surface area contributed by atoms with Crippen LogP contribution in [0.15, 0.2) is 5.38 Å². The Kier molecular flexibility index (Phi) is 5.37. The van der Waals surface area contributed by atoms with Gasteiger partial charge in [0.15, 0.2) is 0 Å². The van der Waals surface area contributed by atoms with Crippen molar-refractivity contribution in [1.82, 2.24) is 10.3 Å². The van der Waals surface area contributed by atoms with Crippen molar-refractivity contribution in [3.8, 4) is 0 Å². The van der Waals surface area contributed by atoms with Crippen LogP contribution in [0.5, 0.6) is 0 Å². The fraction of sp³-hybridized carbons (Fsp3) is 0.600. The van der Waals surface area contributed by atoms with Crippen LogP contribution in [-0.2, 0) is 6.54 Å². The molecule has 0 radical (unpaired) electrons. The molecule has 1 unspecified atom stereocenters. The monoisotopic (exact) mass is 244 g/mol. The van der Waals surface area contributed by atoms with E-state index in [9.17, 15) is 4.79 Å². The lowest BCUT2D eigenvalue weighted by Gasteiger charge is -2.09. The SMILES string of the molecule is CC(CCO)CNCc1csc(C(=O)O)n1. The summed E-state index contributed by atoms with van der Waals surface area (Å²) >= 11 is 1.14. The van der Waals surface area contributed by atoms with E-state index in [4.69, 9.17) is 10.2 Å². The molecule has 0 aromatic carbocycles. The molecule has 1 atom stereocenters. The summed E-state index contributed by atoms with van der Waals surface area (Å²) in [5.41, 5.74) is 0.749. The maximum atomic E-state index is 10.6. The van der Waals surface area contributed by atoms with Crippen molar-refractivity contribution in [2.24, 2.45) is 5.92 Å². The number of nitrogens with zero attached hydrogens (tertiary/aromatic N) is 1. The summed E-state index contributed by atoms with van der Waals surface area (Å²) in [6.07, 6.45) is 0.768. The summed E-state index contributed by atoms with van der Waals surface area (Å²) in [5.74, 6) is -0.576. The second-order valence-corrected chi connectivity index (χ2v) is 4.56. The molecule has 0 spiro atoms. The van der Waals surface area contributed by atoms with Crippen molar-refractivity contribution in [1.29, 1.82) is 0 Å². The Morgan fingerprint density at radius 3 is 3.00 bits per heavy atom. The lowest BCUT2D eigenvalue weighted by atomic mass is 10.1. The van der Waals surface area contributed by atoms with Gasteiger partial charge in [0.1, 0.15) is 0 Å². The summed E-state index contributed by atoms with van der Waals surface area (Å²) in [7, 11) is 0. The number of aliphatic hydroxyl groups is 1. The molecule has 0 amide bonds. The molecule has 0 aliphatic carbocycles. The Balaban J connectivity index is 2.29. The van der Waals surface area contributed by atoms with Crippen LogP contribution in [0.4, 0.5) is 0 Å². The first-order chi connectivity index (χ1) is 7.63. The molecular formula is C10H16N2O3S. The molecule has 0 aliphatic rings. The lowest BCUT2D eigenvalue weighted by molar-refractivity contribution is 0.0696. The minimum Gasteiger partial charge on any atom is -0.476 e. The van der Waals surface area contributed by atoms with Crippen LogP contribution in [0.3, 0.4) is 0 Å². The molecule has 6 heteroatoms. The number of thiazole rings is 1. The first kappa shape index (κ1) is 13.1. The molecule has 1 aromatic heterocycles. The van der Waals surface area contributed by atoms with Crippen molar-refractivity contribution >= 4 is 17.3 Å². The van der Waals surface area contributed by atoms with Gasteiger partial charge in [-0.1, -0.05) is 6.92 Å². The lowest BCUT2D eigenvalue weighted by Crippen LogP contribution is -2.21. The van der Waals surface area contributed by atoms with E-state index in [-0.39, 0.29) is 11.6 Å². The van der Waals surface area contributed by atoms with Crippen molar-refractivity contribution < 1.29 is 15.0 Å². The number of aliphatic hydroxyl groups excluding tert-OH is 1. The number of hydrogen-bond acceptors (Lipinski definition) is 5. The summed E-state index contributed by atoms with van der Waals surface area (Å²) in [4.78, 5) is 14.5. The zero-order chi connectivity index (χ0) is 12.0. The molecule has 90 valence electrons. The largest absolute Gasteiger partial charge is 0.476 e. The van der Waals surface area contributed by atoms with Gasteiger partial charge in [-0.3, -0.25) is 0 Å². The van der Waals surface area contributed by atoms with Gasteiger partial charge in [0, 0.05) is 18.5 Å². The van der Waals surface area contributed by atoms with Gasteiger partial charge in [-0.15, -0.1) is 11.3 Å². The first-order valence-electron chi connectivity index (χ1n) is 5.12. The summed E-state index contributed by atoms with van der Waals surface area (Å²) in [6.45, 7) is 3.61. The minimum atomic E-state index is -0.982. The highest BCUT2D eigenvalue weighted by Gasteiger charge is 2.08. The Hall–Kier alpha value is -0.980. The van der Waals surface area contributed by atoms with Crippen LogP contribution in [-0.4, -0.2) is 34.3 Å². The molecule has 0 saturated heterocycles. The maximum absolute atomic E-state index is 10.6. The standard InChI is InChI=1S/C10H16N2O3S/c1-7(2-3-13)4-11-5-8-6-16-9(12-8)10(14)15/h6-7,11,13H,2-5H2,1H3,(H,14,15). The van der Waals surface area contributed by atoms with Crippen LogP contribution < -0.4 is 5.32 Å². The van der Waals surface area contributed by atoms with Crippen molar-refractivity contribution in [3.63, 3.8) is 0 Å². The predicted molar refractivity (Wildman–Crippen MR) is 61.6 cm³/mol. The van der Waals surface area contributed by atoms with E-state index >= 15 is 0 Å². The number of nitrogens with one attached hydrogen (secondary N) is 1. The fourth-order valence-electron chi connectivity index (χ4n) is 1.26. The third kappa shape index (κ3) is 4.26. The highest BCUT2D eigenvalue weighted by atomic mass is 32.1. The number of carbonyl (C=O) groups is 1. The van der Waals surface area contributed by atoms with Gasteiger partial charge in [-0.05, 0) is 18.9 Å². The van der Waals surface area contributed by atoms with Gasteiger partial charge >= 0.3 is 5.97 Å². The molecule has 0 fully saturated rings. The Bertz CT molecular complexity index is 341. The molecule has 5 nitrogen and oxygen atoms in total. The molecule has 0 aliphatic heterocycles. The third-order valence-electron chi connectivity index (χ3n) is 2.16. The smallest absolute Gasteiger partial charge is 0.365 e. The summed E-state index contributed by atoms with van der Waals surface area (Å²) in [5, 5.41) is 22.4. The van der Waals surface area contributed by atoms with Crippen molar-refractivity contribution in [2.75, 3.05) is 13.2 Å². The normalized spacial score (nSPS) is 12.6. The van der Waals surface area contributed by atoms with E-state index in [1.54, 1.807) is 5.38 Å². The topological polar surface area (TPSA) is 82.5 Å². The molecule has 1 aromatic rings. The molecule has 0 saturated carbocycles. The maximum Gasteiger partial charge on any atom is 0.365 e. The van der Waals surface area contributed by atoms with Gasteiger partial charge in [0.2, 0.25) is 5.01 Å². The van der Waals surface area contributed by atoms with Crippen LogP contribution in [0.25, 0.3) is 0 Å². The Morgan fingerprint density at radius 1 is 1.69 bits per heavy atom. The number of hydrogen-bond donors (Lipinski definition) is 3.